The van der Waals surface area contributed by atoms with Crippen LogP contribution in [-0.4, -0.2) is 34.0 Å². The molecule has 2 amide bonds. The molecule has 3 N–H and O–H groups in total. The van der Waals surface area contributed by atoms with Gasteiger partial charge < -0.3 is 15.6 Å². The number of unbranched alkanes of at least 4 members (excludes halogenated alkanes) is 2. The van der Waals surface area contributed by atoms with Crippen molar-refractivity contribution in [3.63, 3.8) is 0 Å². The van der Waals surface area contributed by atoms with Gasteiger partial charge in [0.15, 0.2) is 4.77 Å². The van der Waals surface area contributed by atoms with E-state index in [4.69, 9.17) is 12.2 Å². The summed E-state index contributed by atoms with van der Waals surface area (Å²) in [4.78, 5) is 38.9. The fourth-order valence-corrected chi connectivity index (χ4v) is 3.19. The SMILES string of the molecule is O=C(CCCCCn1c(=S)[nH]c2ccccc2c1=O)NCC(=O)NC1CC1. The van der Waals surface area contributed by atoms with Crippen molar-refractivity contribution in [2.24, 2.45) is 0 Å². The molecule has 1 aromatic heterocycles. The number of hydrogen-bond donors (Lipinski definition) is 3. The van der Waals surface area contributed by atoms with E-state index in [2.05, 4.69) is 15.6 Å². The van der Waals surface area contributed by atoms with E-state index in [1.165, 1.54) is 0 Å². The number of hydrogen-bond acceptors (Lipinski definition) is 4. The van der Waals surface area contributed by atoms with Crippen molar-refractivity contribution in [3.05, 3.63) is 39.4 Å². The number of H-pyrrole nitrogens is 1. The lowest BCUT2D eigenvalue weighted by Crippen LogP contribution is -2.37. The third-order valence-corrected chi connectivity index (χ3v) is 4.89. The highest BCUT2D eigenvalue weighted by Crippen LogP contribution is 2.18. The molecule has 0 saturated heterocycles. The first-order valence-corrected chi connectivity index (χ1v) is 9.73. The van der Waals surface area contributed by atoms with Crippen LogP contribution in [0.15, 0.2) is 29.1 Å². The third-order valence-electron chi connectivity index (χ3n) is 4.56. The first-order chi connectivity index (χ1) is 13.0. The molecule has 0 atom stereocenters. The second-order valence-electron chi connectivity index (χ2n) is 6.86. The van der Waals surface area contributed by atoms with Gasteiger partial charge in [-0.1, -0.05) is 18.6 Å². The maximum atomic E-state index is 12.5. The van der Waals surface area contributed by atoms with Crippen LogP contribution in [0.1, 0.15) is 38.5 Å². The number of benzene rings is 1. The predicted molar refractivity (Wildman–Crippen MR) is 106 cm³/mol. The minimum Gasteiger partial charge on any atom is -0.352 e. The highest BCUT2D eigenvalue weighted by atomic mass is 32.1. The standard InChI is InChI=1S/C19H24N4O3S/c24-16(20-12-17(25)21-13-9-10-13)8-2-1-5-11-23-18(26)14-6-3-4-7-15(14)22-19(23)27/h3-4,6-7,13H,1-2,5,8-12H2,(H,20,24)(H,21,25)(H,22,27). The average Bonchev–Trinajstić information content (AvgIpc) is 3.46. The highest BCUT2D eigenvalue weighted by molar-refractivity contribution is 7.71. The van der Waals surface area contributed by atoms with Crippen molar-refractivity contribution in [2.75, 3.05) is 6.54 Å². The summed E-state index contributed by atoms with van der Waals surface area (Å²) in [5.74, 6) is -0.253. The molecule has 2 aromatic rings. The van der Waals surface area contributed by atoms with Crippen LogP contribution in [0.2, 0.25) is 0 Å². The molecule has 1 aliphatic carbocycles. The summed E-state index contributed by atoms with van der Waals surface area (Å²) in [6.45, 7) is 0.557. The van der Waals surface area contributed by atoms with Gasteiger partial charge in [-0.15, -0.1) is 0 Å². The number of carbonyl (C=O) groups excluding carboxylic acids is 2. The number of para-hydroxylation sites is 1. The zero-order valence-corrected chi connectivity index (χ0v) is 15.9. The van der Waals surface area contributed by atoms with E-state index in [1.54, 1.807) is 10.6 Å². The van der Waals surface area contributed by atoms with Gasteiger partial charge in [-0.2, -0.15) is 0 Å². The van der Waals surface area contributed by atoms with Crippen LogP contribution in [0.3, 0.4) is 0 Å². The molecule has 8 heteroatoms. The monoisotopic (exact) mass is 388 g/mol. The molecule has 3 rings (SSSR count). The second-order valence-corrected chi connectivity index (χ2v) is 7.25. The molecule has 144 valence electrons. The Hall–Kier alpha value is -2.48. The molecule has 27 heavy (non-hydrogen) atoms. The van der Waals surface area contributed by atoms with Crippen LogP contribution < -0.4 is 16.2 Å². The zero-order chi connectivity index (χ0) is 19.2. The van der Waals surface area contributed by atoms with E-state index in [0.717, 1.165) is 31.2 Å². The predicted octanol–water partition coefficient (Wildman–Crippen LogP) is 2.01. The first-order valence-electron chi connectivity index (χ1n) is 9.32. The van der Waals surface area contributed by atoms with E-state index in [-0.39, 0.29) is 23.9 Å². The normalized spacial score (nSPS) is 13.5. The van der Waals surface area contributed by atoms with Crippen molar-refractivity contribution in [1.82, 2.24) is 20.2 Å². The van der Waals surface area contributed by atoms with Crippen LogP contribution in [0.5, 0.6) is 0 Å². The Morgan fingerprint density at radius 1 is 1.15 bits per heavy atom. The summed E-state index contributed by atoms with van der Waals surface area (Å²) in [5.41, 5.74) is 0.653. The summed E-state index contributed by atoms with van der Waals surface area (Å²) in [6.07, 6.45) is 4.69. The van der Waals surface area contributed by atoms with Gasteiger partial charge in [0, 0.05) is 19.0 Å². The third kappa shape index (κ3) is 5.50. The number of aromatic nitrogens is 2. The smallest absolute Gasteiger partial charge is 0.262 e. The van der Waals surface area contributed by atoms with Crippen LogP contribution in [0, 0.1) is 4.77 Å². The lowest BCUT2D eigenvalue weighted by atomic mass is 10.2. The van der Waals surface area contributed by atoms with E-state index in [9.17, 15) is 14.4 Å². The van der Waals surface area contributed by atoms with Gasteiger partial charge in [-0.25, -0.2) is 0 Å². The average molecular weight is 388 g/mol. The fraction of sp³-hybridized carbons (Fsp3) is 0.474. The maximum Gasteiger partial charge on any atom is 0.262 e. The summed E-state index contributed by atoms with van der Waals surface area (Å²) in [7, 11) is 0. The molecule has 1 aliphatic rings. The summed E-state index contributed by atoms with van der Waals surface area (Å²) >= 11 is 5.28. The number of nitrogens with one attached hydrogen (secondary N) is 3. The first kappa shape index (κ1) is 19.3. The van der Waals surface area contributed by atoms with Crippen molar-refractivity contribution in [3.8, 4) is 0 Å². The Morgan fingerprint density at radius 3 is 2.70 bits per heavy atom. The number of carbonyl (C=O) groups is 2. The van der Waals surface area contributed by atoms with Crippen LogP contribution in [0.25, 0.3) is 10.9 Å². The Bertz CT molecular complexity index is 946. The Balaban J connectivity index is 1.39. The van der Waals surface area contributed by atoms with Crippen LogP contribution >= 0.6 is 12.2 Å². The number of fused-ring (bicyclic) bond motifs is 1. The van der Waals surface area contributed by atoms with Crippen LogP contribution in [-0.2, 0) is 16.1 Å². The number of amides is 2. The Kier molecular flexibility index (Phi) is 6.39. The van der Waals surface area contributed by atoms with Crippen LogP contribution in [0.4, 0.5) is 0 Å². The summed E-state index contributed by atoms with van der Waals surface area (Å²) in [6, 6.07) is 7.61. The molecule has 1 heterocycles. The summed E-state index contributed by atoms with van der Waals surface area (Å²) < 4.78 is 1.98. The van der Waals surface area contributed by atoms with Gasteiger partial charge in [0.1, 0.15) is 0 Å². The van der Waals surface area contributed by atoms with Crippen molar-refractivity contribution < 1.29 is 9.59 Å². The quantitative estimate of drug-likeness (QED) is 0.452. The van der Waals surface area contributed by atoms with Gasteiger partial charge in [-0.3, -0.25) is 19.0 Å². The molecular weight excluding hydrogens is 364 g/mol. The second kappa shape index (κ2) is 8.94. The molecule has 0 spiro atoms. The maximum absolute atomic E-state index is 12.5. The van der Waals surface area contributed by atoms with E-state index >= 15 is 0 Å². The van der Waals surface area contributed by atoms with E-state index in [1.807, 2.05) is 18.2 Å². The number of rotatable bonds is 9. The lowest BCUT2D eigenvalue weighted by Gasteiger charge is -2.08. The minimum atomic E-state index is -0.129. The molecule has 0 bridgehead atoms. The lowest BCUT2D eigenvalue weighted by molar-refractivity contribution is -0.126. The van der Waals surface area contributed by atoms with Crippen molar-refractivity contribution in [1.29, 1.82) is 0 Å². The largest absolute Gasteiger partial charge is 0.352 e. The molecule has 0 aliphatic heterocycles. The minimum absolute atomic E-state index is 0.0387. The van der Waals surface area contributed by atoms with Gasteiger partial charge in [0.25, 0.3) is 5.56 Å². The molecule has 0 radical (unpaired) electrons. The number of aromatic amines is 1. The summed E-state index contributed by atoms with van der Waals surface area (Å²) in [5, 5.41) is 6.08. The van der Waals surface area contributed by atoms with Gasteiger partial charge >= 0.3 is 0 Å². The number of nitrogens with zero attached hydrogens (tertiary/aromatic N) is 1. The highest BCUT2D eigenvalue weighted by Gasteiger charge is 2.23. The molecular formula is C19H24N4O3S. The zero-order valence-electron chi connectivity index (χ0n) is 15.1. The molecule has 0 unspecified atom stereocenters. The topological polar surface area (TPSA) is 96.0 Å². The molecule has 1 fully saturated rings. The van der Waals surface area contributed by atoms with Gasteiger partial charge in [0.05, 0.1) is 17.4 Å². The molecule has 1 saturated carbocycles. The molecule has 1 aromatic carbocycles. The van der Waals surface area contributed by atoms with Gasteiger partial charge in [-0.05, 0) is 50.0 Å². The Labute approximate surface area is 162 Å². The van der Waals surface area contributed by atoms with Crippen molar-refractivity contribution >= 4 is 34.9 Å². The van der Waals surface area contributed by atoms with E-state index < -0.39 is 0 Å². The Morgan fingerprint density at radius 2 is 1.93 bits per heavy atom. The van der Waals surface area contributed by atoms with E-state index in [0.29, 0.717) is 35.6 Å². The fourth-order valence-electron chi connectivity index (χ4n) is 2.91. The van der Waals surface area contributed by atoms with Crippen molar-refractivity contribution in [2.45, 2.75) is 51.1 Å². The molecule has 7 nitrogen and oxygen atoms in total. The van der Waals surface area contributed by atoms with Gasteiger partial charge in [0.2, 0.25) is 11.8 Å².